The van der Waals surface area contributed by atoms with Crippen molar-refractivity contribution in [1.82, 2.24) is 19.7 Å². The van der Waals surface area contributed by atoms with E-state index < -0.39 is 17.0 Å². The van der Waals surface area contributed by atoms with Crippen LogP contribution in [0.2, 0.25) is 0 Å². The van der Waals surface area contributed by atoms with Crippen LogP contribution in [0.5, 0.6) is 5.75 Å². The molecule has 0 saturated heterocycles. The van der Waals surface area contributed by atoms with Crippen molar-refractivity contribution < 1.29 is 17.9 Å². The molecule has 0 bridgehead atoms. The predicted octanol–water partition coefficient (Wildman–Crippen LogP) is 6.71. The summed E-state index contributed by atoms with van der Waals surface area (Å²) in [5.74, 6) is 2.06. The first-order chi connectivity index (χ1) is 17.4. The molecule has 2 unspecified atom stereocenters. The Morgan fingerprint density at radius 3 is 2.67 bits per heavy atom. The molecule has 0 aliphatic carbocycles. The van der Waals surface area contributed by atoms with Crippen molar-refractivity contribution >= 4 is 0 Å². The normalized spacial score (nSPS) is 18.2. The molecule has 1 aliphatic heterocycles. The highest BCUT2D eigenvalue weighted by Gasteiger charge is 2.43. The van der Waals surface area contributed by atoms with Crippen molar-refractivity contribution in [3.05, 3.63) is 71.5 Å². The minimum Gasteiger partial charge on any atom is -0.496 e. The van der Waals surface area contributed by atoms with Crippen LogP contribution in [-0.2, 0) is 12.0 Å². The van der Waals surface area contributed by atoms with E-state index in [9.17, 15) is 8.78 Å². The lowest BCUT2D eigenvalue weighted by atomic mass is 9.68. The van der Waals surface area contributed by atoms with Gasteiger partial charge in [0.25, 0.3) is 0 Å². The number of fused-ring (bicyclic) bond motifs is 1. The molecule has 36 heavy (non-hydrogen) atoms. The first kappa shape index (κ1) is 24.2. The van der Waals surface area contributed by atoms with Crippen molar-refractivity contribution in [1.29, 1.82) is 0 Å². The van der Waals surface area contributed by atoms with Gasteiger partial charge in [-0.05, 0) is 55.0 Å². The zero-order chi connectivity index (χ0) is 25.4. The maximum atomic E-state index is 14.4. The number of methoxy groups -OCH3 is 1. The summed E-state index contributed by atoms with van der Waals surface area (Å²) >= 11 is 0. The van der Waals surface area contributed by atoms with Crippen LogP contribution in [0.15, 0.2) is 47.0 Å². The van der Waals surface area contributed by atoms with E-state index in [1.165, 1.54) is 12.1 Å². The molecule has 5 rings (SSSR count). The second-order valence-electron chi connectivity index (χ2n) is 9.69. The molecule has 0 amide bonds. The molecular weight excluding hydrogens is 462 g/mol. The lowest BCUT2D eigenvalue weighted by Crippen LogP contribution is -2.37. The molecule has 8 heteroatoms. The summed E-state index contributed by atoms with van der Waals surface area (Å²) in [5, 5.41) is 9.27. The molecule has 2 atom stereocenters. The van der Waals surface area contributed by atoms with E-state index in [-0.39, 0.29) is 0 Å². The number of oxazole rings is 1. The molecule has 0 radical (unpaired) electrons. The van der Waals surface area contributed by atoms with Crippen molar-refractivity contribution in [2.45, 2.75) is 58.4 Å². The monoisotopic (exact) mass is 492 g/mol. The third-order valence-corrected chi connectivity index (χ3v) is 7.38. The van der Waals surface area contributed by atoms with Crippen molar-refractivity contribution in [3.63, 3.8) is 0 Å². The molecular formula is C28H30F2N4O2. The number of benzene rings is 2. The van der Waals surface area contributed by atoms with Gasteiger partial charge in [-0.25, -0.2) is 13.8 Å². The molecule has 1 aliphatic rings. The molecule has 6 nitrogen and oxygen atoms in total. The van der Waals surface area contributed by atoms with E-state index in [4.69, 9.17) is 9.15 Å². The third-order valence-electron chi connectivity index (χ3n) is 7.38. The Morgan fingerprint density at radius 1 is 1.14 bits per heavy atom. The average Bonchev–Trinajstić information content (AvgIpc) is 3.52. The lowest BCUT2D eigenvalue weighted by Gasteiger charge is -2.39. The van der Waals surface area contributed by atoms with Crippen LogP contribution >= 0.6 is 0 Å². The van der Waals surface area contributed by atoms with Crippen molar-refractivity contribution in [2.75, 3.05) is 7.11 Å². The zero-order valence-electron chi connectivity index (χ0n) is 21.0. The molecule has 2 aromatic heterocycles. The second kappa shape index (κ2) is 9.48. The van der Waals surface area contributed by atoms with E-state index in [1.54, 1.807) is 26.3 Å². The fraction of sp³-hybridized carbons (Fsp3) is 0.393. The van der Waals surface area contributed by atoms with E-state index in [2.05, 4.69) is 33.6 Å². The molecule has 3 heterocycles. The van der Waals surface area contributed by atoms with Crippen LogP contribution in [0.25, 0.3) is 22.7 Å². The quantitative estimate of drug-likeness (QED) is 0.287. The van der Waals surface area contributed by atoms with Gasteiger partial charge in [0.05, 0.1) is 24.3 Å². The van der Waals surface area contributed by atoms with Gasteiger partial charge in [-0.2, -0.15) is 0 Å². The Bertz CT molecular complexity index is 1400. The smallest absolute Gasteiger partial charge is 0.191 e. The van der Waals surface area contributed by atoms with Crippen LogP contribution < -0.4 is 4.74 Å². The standard InChI is InChI=1S/C28H30F2N4O2/c1-5-17(2)15-28(20-8-10-22(29)23(30)14-20)11-6-12-34-26(32-33-27(28)34)19-7-9-21(24(13-19)35-4)25-16-31-18(3)36-25/h7-10,13-14,16-17H,5-6,11-12,15H2,1-4H3. The van der Waals surface area contributed by atoms with Gasteiger partial charge in [-0.1, -0.05) is 32.4 Å². The summed E-state index contributed by atoms with van der Waals surface area (Å²) in [5.41, 5.74) is 1.85. The number of aryl methyl sites for hydroxylation is 1. The number of rotatable bonds is 7. The number of hydrogen-bond donors (Lipinski definition) is 0. The topological polar surface area (TPSA) is 66.0 Å². The van der Waals surface area contributed by atoms with Gasteiger partial charge in [-0.15, -0.1) is 10.2 Å². The Hall–Kier alpha value is -3.55. The van der Waals surface area contributed by atoms with E-state index >= 15 is 0 Å². The zero-order valence-corrected chi connectivity index (χ0v) is 21.0. The van der Waals surface area contributed by atoms with Crippen LogP contribution in [0, 0.1) is 24.5 Å². The van der Waals surface area contributed by atoms with E-state index in [0.29, 0.717) is 23.3 Å². The van der Waals surface area contributed by atoms with Crippen LogP contribution in [0.1, 0.15) is 56.8 Å². The first-order valence-corrected chi connectivity index (χ1v) is 12.4. The summed E-state index contributed by atoms with van der Waals surface area (Å²) in [7, 11) is 1.62. The number of hydrogen-bond acceptors (Lipinski definition) is 5. The minimum atomic E-state index is -0.843. The Labute approximate surface area is 209 Å². The van der Waals surface area contributed by atoms with E-state index in [0.717, 1.165) is 60.6 Å². The molecule has 4 aromatic rings. The summed E-state index contributed by atoms with van der Waals surface area (Å²) in [6, 6.07) is 10.1. The van der Waals surface area contributed by atoms with Crippen molar-refractivity contribution in [2.24, 2.45) is 5.92 Å². The van der Waals surface area contributed by atoms with E-state index in [1.807, 2.05) is 18.2 Å². The summed E-state index contributed by atoms with van der Waals surface area (Å²) in [4.78, 5) is 4.19. The molecule has 0 saturated carbocycles. The average molecular weight is 493 g/mol. The first-order valence-electron chi connectivity index (χ1n) is 12.4. The lowest BCUT2D eigenvalue weighted by molar-refractivity contribution is 0.285. The largest absolute Gasteiger partial charge is 0.496 e. The molecule has 0 fully saturated rings. The SMILES string of the molecule is CCC(C)CC1(c2ccc(F)c(F)c2)CCCn2c(-c3ccc(-c4cnc(C)o4)c(OC)c3)nnc21. The number of halogens is 2. The van der Waals surface area contributed by atoms with Gasteiger partial charge in [-0.3, -0.25) is 0 Å². The molecule has 2 aromatic carbocycles. The van der Waals surface area contributed by atoms with Crippen LogP contribution in [-0.4, -0.2) is 26.9 Å². The summed E-state index contributed by atoms with van der Waals surface area (Å²) in [6.45, 7) is 6.87. The molecule has 0 spiro atoms. The third kappa shape index (κ3) is 4.08. The maximum absolute atomic E-state index is 14.4. The van der Waals surface area contributed by atoms with Crippen molar-refractivity contribution in [3.8, 4) is 28.5 Å². The Morgan fingerprint density at radius 2 is 1.97 bits per heavy atom. The maximum Gasteiger partial charge on any atom is 0.191 e. The van der Waals surface area contributed by atoms with Gasteiger partial charge in [0.15, 0.2) is 29.1 Å². The van der Waals surface area contributed by atoms with Gasteiger partial charge in [0.1, 0.15) is 11.6 Å². The van der Waals surface area contributed by atoms with Gasteiger partial charge >= 0.3 is 0 Å². The Balaban J connectivity index is 1.62. The van der Waals surface area contributed by atoms with Gasteiger partial charge in [0, 0.05) is 19.0 Å². The number of ether oxygens (including phenoxy) is 1. The minimum absolute atomic E-state index is 0.370. The highest BCUT2D eigenvalue weighted by molar-refractivity contribution is 5.71. The second-order valence-corrected chi connectivity index (χ2v) is 9.69. The van der Waals surface area contributed by atoms with Gasteiger partial charge in [0.2, 0.25) is 0 Å². The van der Waals surface area contributed by atoms with Crippen LogP contribution in [0.4, 0.5) is 8.78 Å². The fourth-order valence-electron chi connectivity index (χ4n) is 5.37. The highest BCUT2D eigenvalue weighted by Crippen LogP contribution is 2.46. The number of aromatic nitrogens is 4. The highest BCUT2D eigenvalue weighted by atomic mass is 19.2. The Kier molecular flexibility index (Phi) is 6.36. The number of nitrogens with zero attached hydrogens (tertiary/aromatic N) is 4. The van der Waals surface area contributed by atoms with Gasteiger partial charge < -0.3 is 13.7 Å². The predicted molar refractivity (Wildman–Crippen MR) is 133 cm³/mol. The fourth-order valence-corrected chi connectivity index (χ4v) is 5.37. The summed E-state index contributed by atoms with van der Waals surface area (Å²) in [6.07, 6.45) is 5.11. The molecule has 0 N–H and O–H groups in total. The van der Waals surface area contributed by atoms with Crippen LogP contribution in [0.3, 0.4) is 0 Å². The molecule has 188 valence electrons. The summed E-state index contributed by atoms with van der Waals surface area (Å²) < 4.78 is 41.7.